The minimum atomic E-state index is -3.86. The molecule has 2 aromatic carbocycles. The summed E-state index contributed by atoms with van der Waals surface area (Å²) in [5.41, 5.74) is 0.371. The maximum atomic E-state index is 13.0. The van der Waals surface area contributed by atoms with Crippen LogP contribution in [-0.2, 0) is 9.84 Å². The third kappa shape index (κ3) is 5.31. The minimum absolute atomic E-state index is 0.185. The van der Waals surface area contributed by atoms with Gasteiger partial charge in [-0.05, 0) is 51.1 Å². The van der Waals surface area contributed by atoms with E-state index in [1.807, 2.05) is 0 Å². The van der Waals surface area contributed by atoms with Gasteiger partial charge < -0.3 is 5.32 Å². The first-order valence-corrected chi connectivity index (χ1v) is 12.6. The summed E-state index contributed by atoms with van der Waals surface area (Å²) in [7, 11) is -3.86. The summed E-state index contributed by atoms with van der Waals surface area (Å²) in [5, 5.41) is 8.01. The van der Waals surface area contributed by atoms with Crippen molar-refractivity contribution in [2.45, 2.75) is 31.2 Å². The van der Waals surface area contributed by atoms with E-state index in [0.29, 0.717) is 21.3 Å². The molecule has 0 spiro atoms. The third-order valence-corrected chi connectivity index (χ3v) is 6.35. The zero-order chi connectivity index (χ0) is 23.1. The van der Waals surface area contributed by atoms with E-state index in [1.54, 1.807) is 63.2 Å². The average molecular weight is 545 g/mol. The number of hydrogen-bond donors (Lipinski definition) is 1. The molecule has 1 heterocycles. The van der Waals surface area contributed by atoms with Gasteiger partial charge in [-0.15, -0.1) is 0 Å². The lowest BCUT2D eigenvalue weighted by atomic mass is 10.1. The summed E-state index contributed by atoms with van der Waals surface area (Å²) in [4.78, 5) is 12.9. The molecule has 0 atom stereocenters. The lowest BCUT2D eigenvalue weighted by Crippen LogP contribution is -2.41. The highest BCUT2D eigenvalue weighted by molar-refractivity contribution is 9.10. The van der Waals surface area contributed by atoms with Crippen molar-refractivity contribution in [1.29, 1.82) is 0 Å². The highest BCUT2D eigenvalue weighted by atomic mass is 79.9. The van der Waals surface area contributed by atoms with Gasteiger partial charge in [0.2, 0.25) is 0 Å². The normalized spacial score (nSPS) is 12.1. The highest BCUT2D eigenvalue weighted by Gasteiger charge is 2.32. The zero-order valence-electron chi connectivity index (χ0n) is 17.2. The number of hydrogen-bond acceptors (Lipinski definition) is 4. The molecule has 1 aromatic heterocycles. The summed E-state index contributed by atoms with van der Waals surface area (Å²) in [6.07, 6.45) is 1.05. The quantitative estimate of drug-likeness (QED) is 0.467. The SMILES string of the molecule is CC(C)(C)NC(=O)c1nn(-c2ccc(Br)cc2Cl)c(-c2ccc(Cl)cc2)c1S(C)(=O)=O. The van der Waals surface area contributed by atoms with Crippen LogP contribution in [-0.4, -0.2) is 35.9 Å². The van der Waals surface area contributed by atoms with Crippen LogP contribution in [0.3, 0.4) is 0 Å². The number of benzene rings is 2. The van der Waals surface area contributed by atoms with Crippen molar-refractivity contribution < 1.29 is 13.2 Å². The number of nitrogens with one attached hydrogen (secondary N) is 1. The number of amides is 1. The van der Waals surface area contributed by atoms with Gasteiger partial charge in [-0.1, -0.05) is 51.3 Å². The van der Waals surface area contributed by atoms with Crippen LogP contribution >= 0.6 is 39.1 Å². The van der Waals surface area contributed by atoms with E-state index in [9.17, 15) is 13.2 Å². The van der Waals surface area contributed by atoms with Gasteiger partial charge in [0.25, 0.3) is 5.91 Å². The molecule has 0 saturated heterocycles. The fourth-order valence-corrected chi connectivity index (χ4v) is 4.91. The topological polar surface area (TPSA) is 81.1 Å². The molecule has 3 aromatic rings. The standard InChI is InChI=1S/C21H20BrCl2N3O3S/c1-21(2,3)25-20(28)17-19(31(4,29)30)18(12-5-8-14(23)9-6-12)27(26-17)16-10-7-13(22)11-15(16)24/h5-11H,1-4H3,(H,25,28). The highest BCUT2D eigenvalue weighted by Crippen LogP contribution is 2.36. The molecule has 3 rings (SSSR count). The monoisotopic (exact) mass is 543 g/mol. The van der Waals surface area contributed by atoms with E-state index >= 15 is 0 Å². The largest absolute Gasteiger partial charge is 0.346 e. The molecule has 6 nitrogen and oxygen atoms in total. The van der Waals surface area contributed by atoms with Crippen LogP contribution in [0.4, 0.5) is 0 Å². The molecule has 31 heavy (non-hydrogen) atoms. The second-order valence-corrected chi connectivity index (χ2v) is 11.7. The van der Waals surface area contributed by atoms with Crippen LogP contribution in [0.15, 0.2) is 51.8 Å². The minimum Gasteiger partial charge on any atom is -0.346 e. The van der Waals surface area contributed by atoms with Crippen LogP contribution in [0.25, 0.3) is 16.9 Å². The van der Waals surface area contributed by atoms with Gasteiger partial charge in [-0.25, -0.2) is 13.1 Å². The van der Waals surface area contributed by atoms with Crippen molar-refractivity contribution in [3.63, 3.8) is 0 Å². The first-order valence-electron chi connectivity index (χ1n) is 9.15. The Morgan fingerprint density at radius 1 is 1.10 bits per heavy atom. The number of carbonyl (C=O) groups excluding carboxylic acids is 1. The molecule has 0 aliphatic heterocycles. The number of rotatable bonds is 4. The summed E-state index contributed by atoms with van der Waals surface area (Å²) < 4.78 is 27.9. The molecule has 0 aliphatic carbocycles. The van der Waals surface area contributed by atoms with Gasteiger partial charge in [0, 0.05) is 26.9 Å². The lowest BCUT2D eigenvalue weighted by molar-refractivity contribution is 0.0910. The molecule has 0 fully saturated rings. The van der Waals surface area contributed by atoms with Crippen LogP contribution in [0.1, 0.15) is 31.3 Å². The van der Waals surface area contributed by atoms with Gasteiger partial charge in [0.05, 0.1) is 16.4 Å². The molecule has 164 valence electrons. The van der Waals surface area contributed by atoms with Crippen LogP contribution < -0.4 is 5.32 Å². The summed E-state index contributed by atoms with van der Waals surface area (Å²) in [5.74, 6) is -0.602. The second-order valence-electron chi connectivity index (χ2n) is 8.02. The maximum Gasteiger partial charge on any atom is 0.273 e. The molecular formula is C21H20BrCl2N3O3S. The Kier molecular flexibility index (Phi) is 6.58. The molecule has 1 amide bonds. The lowest BCUT2D eigenvalue weighted by Gasteiger charge is -2.19. The Balaban J connectivity index is 2.41. The van der Waals surface area contributed by atoms with Crippen molar-refractivity contribution in [3.05, 3.63) is 62.7 Å². The van der Waals surface area contributed by atoms with E-state index in [1.165, 1.54) is 4.68 Å². The summed E-state index contributed by atoms with van der Waals surface area (Å²) in [6.45, 7) is 5.40. The van der Waals surface area contributed by atoms with E-state index in [0.717, 1.165) is 10.7 Å². The van der Waals surface area contributed by atoms with E-state index < -0.39 is 21.3 Å². The molecule has 1 N–H and O–H groups in total. The number of carbonyl (C=O) groups is 1. The molecule has 0 unspecified atom stereocenters. The first kappa shape index (κ1) is 23.8. The van der Waals surface area contributed by atoms with Gasteiger partial charge in [-0.2, -0.15) is 5.10 Å². The second kappa shape index (κ2) is 8.58. The average Bonchev–Trinajstić information content (AvgIpc) is 3.02. The Morgan fingerprint density at radius 2 is 1.71 bits per heavy atom. The van der Waals surface area contributed by atoms with Crippen LogP contribution in [0.5, 0.6) is 0 Å². The molecule has 0 aliphatic rings. The molecular weight excluding hydrogens is 525 g/mol. The summed E-state index contributed by atoms with van der Waals surface area (Å²) in [6, 6.07) is 11.7. The third-order valence-electron chi connectivity index (χ3n) is 4.17. The smallest absolute Gasteiger partial charge is 0.273 e. The van der Waals surface area contributed by atoms with Crippen molar-refractivity contribution in [1.82, 2.24) is 15.1 Å². The van der Waals surface area contributed by atoms with Crippen molar-refractivity contribution in [3.8, 4) is 16.9 Å². The van der Waals surface area contributed by atoms with Gasteiger partial charge >= 0.3 is 0 Å². The maximum absolute atomic E-state index is 13.0. The first-order chi connectivity index (χ1) is 14.3. The van der Waals surface area contributed by atoms with E-state index in [4.69, 9.17) is 23.2 Å². The molecule has 10 heteroatoms. The predicted molar refractivity (Wildman–Crippen MR) is 127 cm³/mol. The predicted octanol–water partition coefficient (Wildman–Crippen LogP) is 5.54. The van der Waals surface area contributed by atoms with Gasteiger partial charge in [-0.3, -0.25) is 4.79 Å². The Morgan fingerprint density at radius 3 is 2.23 bits per heavy atom. The Bertz CT molecular complexity index is 1260. The molecule has 0 radical (unpaired) electrons. The fraction of sp³-hybridized carbons (Fsp3) is 0.238. The van der Waals surface area contributed by atoms with Crippen molar-refractivity contribution in [2.75, 3.05) is 6.26 Å². The number of sulfone groups is 1. The van der Waals surface area contributed by atoms with Gasteiger partial charge in [0.15, 0.2) is 15.5 Å². The van der Waals surface area contributed by atoms with Gasteiger partial charge in [0.1, 0.15) is 4.90 Å². The number of nitrogens with zero attached hydrogens (tertiary/aromatic N) is 2. The zero-order valence-corrected chi connectivity index (χ0v) is 21.1. The number of aromatic nitrogens is 2. The number of halogens is 3. The van der Waals surface area contributed by atoms with Crippen LogP contribution in [0.2, 0.25) is 10.0 Å². The Hall–Kier alpha value is -1.87. The van der Waals surface area contributed by atoms with Crippen molar-refractivity contribution in [2.24, 2.45) is 0 Å². The van der Waals surface area contributed by atoms with Crippen LogP contribution in [0, 0.1) is 0 Å². The van der Waals surface area contributed by atoms with E-state index in [2.05, 4.69) is 26.3 Å². The van der Waals surface area contributed by atoms with E-state index in [-0.39, 0.29) is 16.3 Å². The molecule has 0 bridgehead atoms. The molecule has 0 saturated carbocycles. The summed E-state index contributed by atoms with van der Waals surface area (Å²) >= 11 is 15.8. The van der Waals surface area contributed by atoms with Crippen molar-refractivity contribution >= 4 is 54.9 Å². The Labute approximate surface area is 199 Å². The fourth-order valence-electron chi connectivity index (χ4n) is 2.99.